The van der Waals surface area contributed by atoms with Gasteiger partial charge in [-0.2, -0.15) is 5.10 Å². The van der Waals surface area contributed by atoms with Crippen molar-refractivity contribution in [3.8, 4) is 0 Å². The van der Waals surface area contributed by atoms with E-state index in [1.165, 1.54) is 23.7 Å². The Labute approximate surface area is 216 Å². The van der Waals surface area contributed by atoms with Crippen molar-refractivity contribution in [2.75, 3.05) is 0 Å². The number of aromatic nitrogens is 2. The van der Waals surface area contributed by atoms with E-state index in [-0.39, 0.29) is 29.4 Å². The van der Waals surface area contributed by atoms with Crippen LogP contribution in [0.3, 0.4) is 0 Å². The second-order valence-corrected chi connectivity index (χ2v) is 9.55. The van der Waals surface area contributed by atoms with Crippen LogP contribution in [0.1, 0.15) is 29.9 Å². The fraction of sp³-hybridized carbons (Fsp3) is 0.360. The average molecular weight is 532 g/mol. The minimum Gasteiger partial charge on any atom is -0.391 e. The highest BCUT2D eigenvalue weighted by molar-refractivity contribution is 6.30. The molecule has 3 amide bonds. The van der Waals surface area contributed by atoms with Gasteiger partial charge in [-0.3, -0.25) is 19.1 Å². The van der Waals surface area contributed by atoms with E-state index in [1.54, 1.807) is 37.3 Å². The van der Waals surface area contributed by atoms with Crippen LogP contribution in [-0.2, 0) is 22.7 Å². The maximum atomic E-state index is 14.3. The molecule has 37 heavy (non-hydrogen) atoms. The number of hydrogen-bond donors (Lipinski definition) is 4. The van der Waals surface area contributed by atoms with Gasteiger partial charge in [-0.25, -0.2) is 4.39 Å². The first-order chi connectivity index (χ1) is 17.5. The lowest BCUT2D eigenvalue weighted by atomic mass is 9.96. The summed E-state index contributed by atoms with van der Waals surface area (Å²) in [6.45, 7) is 2.42. The highest BCUT2D eigenvalue weighted by Crippen LogP contribution is 2.33. The molecule has 0 radical (unpaired) electrons. The Kier molecular flexibility index (Phi) is 7.49. The molecule has 0 bridgehead atoms. The third-order valence-corrected chi connectivity index (χ3v) is 7.01. The number of nitrogens with one attached hydrogen (secondary N) is 1. The highest BCUT2D eigenvalue weighted by atomic mass is 35.5. The second kappa shape index (κ2) is 10.4. The van der Waals surface area contributed by atoms with Gasteiger partial charge in [0.1, 0.15) is 18.4 Å². The van der Waals surface area contributed by atoms with Gasteiger partial charge in [0.2, 0.25) is 11.8 Å². The molecular formula is C25H27ClFN5O5. The molecule has 5 N–H and O–H groups in total. The molecule has 1 fully saturated rings. The first kappa shape index (κ1) is 26.5. The summed E-state index contributed by atoms with van der Waals surface area (Å²) >= 11 is 5.82. The number of nitrogens with zero attached hydrogens (tertiary/aromatic N) is 3. The van der Waals surface area contributed by atoms with Crippen LogP contribution >= 0.6 is 11.6 Å². The minimum absolute atomic E-state index is 0.0110. The lowest BCUT2D eigenvalue weighted by Gasteiger charge is -2.32. The number of fused-ring (bicyclic) bond motifs is 1. The molecule has 1 aliphatic heterocycles. The number of halogens is 2. The predicted molar refractivity (Wildman–Crippen MR) is 133 cm³/mol. The van der Waals surface area contributed by atoms with Gasteiger partial charge in [-0.15, -0.1) is 0 Å². The fourth-order valence-electron chi connectivity index (χ4n) is 4.92. The summed E-state index contributed by atoms with van der Waals surface area (Å²) in [6.07, 6.45) is -2.38. The van der Waals surface area contributed by atoms with E-state index in [0.717, 1.165) is 4.90 Å². The van der Waals surface area contributed by atoms with Crippen molar-refractivity contribution in [2.45, 2.75) is 51.2 Å². The van der Waals surface area contributed by atoms with E-state index in [1.807, 2.05) is 0 Å². The Morgan fingerprint density at radius 2 is 1.92 bits per heavy atom. The van der Waals surface area contributed by atoms with E-state index in [0.29, 0.717) is 10.9 Å². The quantitative estimate of drug-likeness (QED) is 0.360. The summed E-state index contributed by atoms with van der Waals surface area (Å²) < 4.78 is 15.6. The molecule has 5 atom stereocenters. The van der Waals surface area contributed by atoms with Crippen LogP contribution < -0.4 is 11.1 Å². The smallest absolute Gasteiger partial charge is 0.269 e. The van der Waals surface area contributed by atoms with Crippen LogP contribution in [0.2, 0.25) is 5.02 Å². The number of carbonyl (C=O) groups excluding carboxylic acids is 3. The molecule has 0 saturated carbocycles. The molecule has 2 aromatic carbocycles. The van der Waals surface area contributed by atoms with Gasteiger partial charge >= 0.3 is 0 Å². The van der Waals surface area contributed by atoms with Crippen molar-refractivity contribution >= 4 is 40.2 Å². The highest BCUT2D eigenvalue weighted by Gasteiger charge is 2.53. The third kappa shape index (κ3) is 4.89. The Hall–Kier alpha value is -3.54. The summed E-state index contributed by atoms with van der Waals surface area (Å²) in [5.41, 5.74) is 6.06. The van der Waals surface area contributed by atoms with Crippen molar-refractivity contribution in [1.29, 1.82) is 0 Å². The number of aliphatic hydroxyl groups is 2. The van der Waals surface area contributed by atoms with Gasteiger partial charge in [0.05, 0.1) is 28.8 Å². The van der Waals surface area contributed by atoms with E-state index in [4.69, 9.17) is 17.3 Å². The molecule has 0 spiro atoms. The standard InChI is InChI=1S/C25H27ClFN5O5/c1-12-21(25(37)29-10-14-6-5-8-16(26)19(14)27)32(22(13(2)33)23(12)35)18(34)11-31-17-9-4-3-7-15(17)20(30-31)24(28)36/h3-9,12-13,21-23,33,35H,10-11H2,1-2H3,(H2,28,36)(H,29,37)/t12-,13+,21?,22-,23-/m0/s1. The summed E-state index contributed by atoms with van der Waals surface area (Å²) in [7, 11) is 0. The Morgan fingerprint density at radius 3 is 2.59 bits per heavy atom. The number of nitrogens with two attached hydrogens (primary N) is 1. The van der Waals surface area contributed by atoms with Crippen LogP contribution in [0.25, 0.3) is 10.9 Å². The van der Waals surface area contributed by atoms with Crippen molar-refractivity contribution in [2.24, 2.45) is 11.7 Å². The summed E-state index contributed by atoms with van der Waals surface area (Å²) in [6, 6.07) is 8.87. The minimum atomic E-state index is -1.21. The molecule has 1 unspecified atom stereocenters. The van der Waals surface area contributed by atoms with Gasteiger partial charge in [0, 0.05) is 23.4 Å². The molecule has 10 nitrogen and oxygen atoms in total. The summed E-state index contributed by atoms with van der Waals surface area (Å²) in [5.74, 6) is -3.43. The van der Waals surface area contributed by atoms with E-state index in [2.05, 4.69) is 10.4 Å². The first-order valence-corrected chi connectivity index (χ1v) is 12.0. The molecule has 196 valence electrons. The normalized spacial score (nSPS) is 22.3. The molecule has 4 rings (SSSR count). The van der Waals surface area contributed by atoms with Gasteiger partial charge in [-0.1, -0.05) is 48.9 Å². The number of para-hydroxylation sites is 1. The number of hydrogen-bond acceptors (Lipinski definition) is 6. The molecule has 0 aliphatic carbocycles. The van der Waals surface area contributed by atoms with Crippen molar-refractivity contribution < 1.29 is 29.0 Å². The number of likely N-dealkylation sites (tertiary alicyclic amines) is 1. The number of aliphatic hydroxyl groups excluding tert-OH is 2. The molecule has 12 heteroatoms. The van der Waals surface area contributed by atoms with Crippen LogP contribution in [0.4, 0.5) is 4.39 Å². The lowest BCUT2D eigenvalue weighted by molar-refractivity contribution is -0.144. The molecular weight excluding hydrogens is 505 g/mol. The fourth-order valence-corrected chi connectivity index (χ4v) is 5.11. The Bertz CT molecular complexity index is 1360. The maximum Gasteiger partial charge on any atom is 0.269 e. The number of benzene rings is 2. The van der Waals surface area contributed by atoms with Crippen LogP contribution in [-0.4, -0.2) is 66.9 Å². The predicted octanol–water partition coefficient (Wildman–Crippen LogP) is 1.20. The molecule has 2 heterocycles. The average Bonchev–Trinajstić information content (AvgIpc) is 3.35. The monoisotopic (exact) mass is 531 g/mol. The van der Waals surface area contributed by atoms with Gasteiger partial charge < -0.3 is 26.2 Å². The van der Waals surface area contributed by atoms with Gasteiger partial charge in [0.15, 0.2) is 5.69 Å². The molecule has 1 aromatic heterocycles. The van der Waals surface area contributed by atoms with Gasteiger partial charge in [0.25, 0.3) is 5.91 Å². The van der Waals surface area contributed by atoms with Crippen LogP contribution in [0.15, 0.2) is 42.5 Å². The molecule has 1 aliphatic rings. The lowest BCUT2D eigenvalue weighted by Crippen LogP contribution is -2.54. The Morgan fingerprint density at radius 1 is 1.22 bits per heavy atom. The molecule has 1 saturated heterocycles. The topological polar surface area (TPSA) is 151 Å². The van der Waals surface area contributed by atoms with Gasteiger partial charge in [-0.05, 0) is 19.1 Å². The number of carbonyl (C=O) groups is 3. The first-order valence-electron chi connectivity index (χ1n) is 11.7. The number of amides is 3. The van der Waals surface area contributed by atoms with E-state index in [9.17, 15) is 29.0 Å². The number of rotatable bonds is 7. The Balaban J connectivity index is 1.64. The van der Waals surface area contributed by atoms with E-state index >= 15 is 0 Å². The van der Waals surface area contributed by atoms with Crippen molar-refractivity contribution in [3.05, 3.63) is 64.6 Å². The number of primary amides is 1. The zero-order valence-corrected chi connectivity index (χ0v) is 20.9. The van der Waals surface area contributed by atoms with E-state index < -0.39 is 53.7 Å². The SMILES string of the molecule is C[C@@H](O)[C@H]1[C@@H](O)[C@@H](C)C(C(=O)NCc2cccc(Cl)c2F)N1C(=O)Cn1nc(C(N)=O)c2ccccc21. The third-order valence-electron chi connectivity index (χ3n) is 6.72. The second-order valence-electron chi connectivity index (χ2n) is 9.15. The summed E-state index contributed by atoms with van der Waals surface area (Å²) in [4.78, 5) is 39.9. The van der Waals surface area contributed by atoms with Crippen molar-refractivity contribution in [3.63, 3.8) is 0 Å². The zero-order chi connectivity index (χ0) is 27.0. The molecule has 3 aromatic rings. The van der Waals surface area contributed by atoms with Crippen molar-refractivity contribution in [1.82, 2.24) is 20.0 Å². The largest absolute Gasteiger partial charge is 0.391 e. The maximum absolute atomic E-state index is 14.3. The summed E-state index contributed by atoms with van der Waals surface area (Å²) in [5, 5.41) is 28.4. The van der Waals surface area contributed by atoms with Crippen LogP contribution in [0.5, 0.6) is 0 Å². The zero-order valence-electron chi connectivity index (χ0n) is 20.1. The van der Waals surface area contributed by atoms with Crippen LogP contribution in [0, 0.1) is 11.7 Å².